The number of nitrogens with one attached hydrogen (secondary N) is 1. The third-order valence-electron chi connectivity index (χ3n) is 2.30. The van der Waals surface area contributed by atoms with Crippen molar-refractivity contribution in [3.8, 4) is 0 Å². The Morgan fingerprint density at radius 1 is 1.64 bits per heavy atom. The lowest BCUT2D eigenvalue weighted by Crippen LogP contribution is -2.22. The van der Waals surface area contributed by atoms with E-state index in [4.69, 9.17) is 17.0 Å². The second kappa shape index (κ2) is 3.79. The average molecular weight is 228 g/mol. The van der Waals surface area contributed by atoms with Crippen LogP contribution in [0.25, 0.3) is 0 Å². The molecule has 1 N–H and O–H groups in total. The van der Waals surface area contributed by atoms with Crippen molar-refractivity contribution in [3.05, 3.63) is 29.0 Å². The van der Waals surface area contributed by atoms with Gasteiger partial charge in [0.25, 0.3) is 0 Å². The van der Waals surface area contributed by atoms with Crippen molar-refractivity contribution in [3.63, 3.8) is 0 Å². The number of hydrogen-bond acceptors (Lipinski definition) is 3. The molecule has 0 aliphatic carbocycles. The zero-order valence-corrected chi connectivity index (χ0v) is 9.27. The van der Waals surface area contributed by atoms with E-state index in [9.17, 15) is 0 Å². The summed E-state index contributed by atoms with van der Waals surface area (Å²) in [6.45, 7) is 0. The molecule has 1 atom stereocenters. The molecule has 2 rings (SSSR count). The van der Waals surface area contributed by atoms with E-state index in [1.54, 1.807) is 24.0 Å². The fourth-order valence-electron chi connectivity index (χ4n) is 1.42. The monoisotopic (exact) mass is 227 g/mol. The number of pyridine rings is 1. The van der Waals surface area contributed by atoms with Crippen LogP contribution in [0.5, 0.6) is 0 Å². The second-order valence-electron chi connectivity index (χ2n) is 3.16. The maximum absolute atomic E-state index is 7.62. The molecule has 1 saturated heterocycles. The number of nitrogens with zero attached hydrogens (tertiary/aromatic N) is 2. The van der Waals surface area contributed by atoms with Gasteiger partial charge >= 0.3 is 0 Å². The minimum Gasteiger partial charge on any atom is -0.347 e. The molecule has 14 heavy (non-hydrogen) atoms. The normalized spacial score (nSPS) is 21.7. The maximum Gasteiger partial charge on any atom is 0.156 e. The Hall–Kier alpha value is -0.740. The van der Waals surface area contributed by atoms with Gasteiger partial charge in [-0.3, -0.25) is 5.41 Å². The summed E-state index contributed by atoms with van der Waals surface area (Å²) >= 11 is 7.27. The first-order chi connectivity index (χ1) is 6.68. The third-order valence-corrected chi connectivity index (χ3v) is 3.57. The molecule has 0 saturated carbocycles. The quantitative estimate of drug-likeness (QED) is 0.749. The van der Waals surface area contributed by atoms with Crippen LogP contribution in [0.1, 0.15) is 11.6 Å². The standard InChI is InChI=1S/C9H10ClN3S/c1-13-7(5-14-9(13)11)6-2-3-8(10)12-4-6/h2-4,7,11H,5H2,1H3. The maximum atomic E-state index is 7.62. The van der Waals surface area contributed by atoms with Gasteiger partial charge in [0.05, 0.1) is 6.04 Å². The Balaban J connectivity index is 2.23. The third kappa shape index (κ3) is 1.72. The average Bonchev–Trinajstić information content (AvgIpc) is 2.50. The minimum atomic E-state index is 0.261. The summed E-state index contributed by atoms with van der Waals surface area (Å²) in [7, 11) is 1.93. The second-order valence-corrected chi connectivity index (χ2v) is 4.55. The van der Waals surface area contributed by atoms with Crippen LogP contribution >= 0.6 is 23.4 Å². The van der Waals surface area contributed by atoms with Crippen LogP contribution in [0.3, 0.4) is 0 Å². The largest absolute Gasteiger partial charge is 0.347 e. The molecule has 0 radical (unpaired) electrons. The van der Waals surface area contributed by atoms with E-state index >= 15 is 0 Å². The van der Waals surface area contributed by atoms with Gasteiger partial charge in [0.1, 0.15) is 5.15 Å². The first kappa shape index (κ1) is 9.80. The van der Waals surface area contributed by atoms with Gasteiger partial charge < -0.3 is 4.90 Å². The Morgan fingerprint density at radius 3 is 2.93 bits per heavy atom. The number of halogens is 1. The molecular formula is C9H10ClN3S. The molecule has 1 aromatic heterocycles. The number of thioether (sulfide) groups is 1. The first-order valence-corrected chi connectivity index (χ1v) is 5.60. The molecule has 1 unspecified atom stereocenters. The molecule has 1 aromatic rings. The van der Waals surface area contributed by atoms with Crippen LogP contribution in [0.4, 0.5) is 0 Å². The van der Waals surface area contributed by atoms with Gasteiger partial charge in [0.2, 0.25) is 0 Å². The highest BCUT2D eigenvalue weighted by Crippen LogP contribution is 2.32. The van der Waals surface area contributed by atoms with E-state index < -0.39 is 0 Å². The number of hydrogen-bond donors (Lipinski definition) is 1. The molecular weight excluding hydrogens is 218 g/mol. The summed E-state index contributed by atoms with van der Waals surface area (Å²) in [5.74, 6) is 0.915. The van der Waals surface area contributed by atoms with Crippen LogP contribution in [0.2, 0.25) is 5.15 Å². The van der Waals surface area contributed by atoms with Crippen molar-refractivity contribution in [2.45, 2.75) is 6.04 Å². The minimum absolute atomic E-state index is 0.261. The van der Waals surface area contributed by atoms with Gasteiger partial charge in [-0.05, 0) is 11.6 Å². The van der Waals surface area contributed by atoms with Crippen LogP contribution in [0, 0.1) is 5.41 Å². The van der Waals surface area contributed by atoms with Crippen molar-refractivity contribution in [1.82, 2.24) is 9.88 Å². The van der Waals surface area contributed by atoms with Gasteiger partial charge in [-0.15, -0.1) is 0 Å². The molecule has 0 spiro atoms. The lowest BCUT2D eigenvalue weighted by Gasteiger charge is -2.19. The predicted octanol–water partition coefficient (Wildman–Crippen LogP) is 2.39. The molecule has 74 valence electrons. The van der Waals surface area contributed by atoms with E-state index in [0.717, 1.165) is 11.3 Å². The van der Waals surface area contributed by atoms with Crippen molar-refractivity contribution >= 4 is 28.5 Å². The molecule has 3 nitrogen and oxygen atoms in total. The van der Waals surface area contributed by atoms with Gasteiger partial charge in [0, 0.05) is 19.0 Å². The van der Waals surface area contributed by atoms with Crippen molar-refractivity contribution in [2.24, 2.45) is 0 Å². The SMILES string of the molecule is CN1C(=N)SCC1c1ccc(Cl)nc1. The highest BCUT2D eigenvalue weighted by Gasteiger charge is 2.27. The first-order valence-electron chi connectivity index (χ1n) is 4.24. The van der Waals surface area contributed by atoms with Crippen molar-refractivity contribution in [1.29, 1.82) is 5.41 Å². The van der Waals surface area contributed by atoms with Crippen LogP contribution in [-0.2, 0) is 0 Å². The molecule has 1 fully saturated rings. The van der Waals surface area contributed by atoms with E-state index in [1.807, 2.05) is 18.0 Å². The van der Waals surface area contributed by atoms with Crippen molar-refractivity contribution < 1.29 is 0 Å². The fraction of sp³-hybridized carbons (Fsp3) is 0.333. The highest BCUT2D eigenvalue weighted by atomic mass is 35.5. The smallest absolute Gasteiger partial charge is 0.156 e. The lowest BCUT2D eigenvalue weighted by molar-refractivity contribution is 0.425. The fourth-order valence-corrected chi connectivity index (χ4v) is 2.59. The number of aromatic nitrogens is 1. The van der Waals surface area contributed by atoms with Crippen LogP contribution < -0.4 is 0 Å². The molecule has 1 aliphatic heterocycles. The Kier molecular flexibility index (Phi) is 2.65. The number of amidine groups is 1. The molecule has 0 aromatic carbocycles. The molecule has 2 heterocycles. The zero-order valence-electron chi connectivity index (χ0n) is 7.70. The Bertz CT molecular complexity index is 352. The summed E-state index contributed by atoms with van der Waals surface area (Å²) < 4.78 is 0. The van der Waals surface area contributed by atoms with Crippen LogP contribution in [-0.4, -0.2) is 27.9 Å². The molecule has 5 heteroatoms. The summed E-state index contributed by atoms with van der Waals surface area (Å²) in [5.41, 5.74) is 1.12. The molecule has 0 amide bonds. The Labute approximate surface area is 92.0 Å². The van der Waals surface area contributed by atoms with E-state index in [1.165, 1.54) is 0 Å². The highest BCUT2D eigenvalue weighted by molar-refractivity contribution is 8.14. The van der Waals surface area contributed by atoms with Gasteiger partial charge in [0.15, 0.2) is 5.17 Å². The van der Waals surface area contributed by atoms with E-state index in [0.29, 0.717) is 10.3 Å². The topological polar surface area (TPSA) is 40.0 Å². The summed E-state index contributed by atoms with van der Waals surface area (Å²) in [5, 5.41) is 8.75. The lowest BCUT2D eigenvalue weighted by atomic mass is 10.1. The van der Waals surface area contributed by atoms with Gasteiger partial charge in [-0.1, -0.05) is 29.4 Å². The number of rotatable bonds is 1. The van der Waals surface area contributed by atoms with E-state index in [-0.39, 0.29) is 6.04 Å². The van der Waals surface area contributed by atoms with Gasteiger partial charge in [-0.25, -0.2) is 4.98 Å². The van der Waals surface area contributed by atoms with Crippen molar-refractivity contribution in [2.75, 3.05) is 12.8 Å². The predicted molar refractivity (Wildman–Crippen MR) is 59.9 cm³/mol. The Morgan fingerprint density at radius 2 is 2.43 bits per heavy atom. The van der Waals surface area contributed by atoms with Crippen LogP contribution in [0.15, 0.2) is 18.3 Å². The molecule has 0 bridgehead atoms. The summed E-state index contributed by atoms with van der Waals surface area (Å²) in [4.78, 5) is 6.00. The summed E-state index contributed by atoms with van der Waals surface area (Å²) in [6.07, 6.45) is 1.78. The van der Waals surface area contributed by atoms with Gasteiger partial charge in [-0.2, -0.15) is 0 Å². The molecule has 1 aliphatic rings. The summed E-state index contributed by atoms with van der Waals surface area (Å²) in [6, 6.07) is 4.02. The van der Waals surface area contributed by atoms with E-state index in [2.05, 4.69) is 4.98 Å². The zero-order chi connectivity index (χ0) is 10.1.